The summed E-state index contributed by atoms with van der Waals surface area (Å²) < 4.78 is 29.0. The summed E-state index contributed by atoms with van der Waals surface area (Å²) in [6.45, 7) is 2.27. The van der Waals surface area contributed by atoms with Crippen molar-refractivity contribution in [1.29, 1.82) is 0 Å². The van der Waals surface area contributed by atoms with Crippen molar-refractivity contribution in [2.75, 3.05) is 0 Å². The lowest BCUT2D eigenvalue weighted by atomic mass is 9.63. The van der Waals surface area contributed by atoms with Crippen LogP contribution >= 0.6 is 11.6 Å². The first kappa shape index (κ1) is 22.1. The summed E-state index contributed by atoms with van der Waals surface area (Å²) in [7, 11) is 0. The molecule has 0 radical (unpaired) electrons. The summed E-state index contributed by atoms with van der Waals surface area (Å²) in [6.07, 6.45) is 15.7. The topological polar surface area (TPSA) is 0 Å². The molecule has 2 fully saturated rings. The van der Waals surface area contributed by atoms with Gasteiger partial charge in [0.2, 0.25) is 0 Å². The third-order valence-corrected chi connectivity index (χ3v) is 8.28. The quantitative estimate of drug-likeness (QED) is 0.382. The Bertz CT molecular complexity index is 862. The van der Waals surface area contributed by atoms with Crippen LogP contribution in [0.4, 0.5) is 8.78 Å². The van der Waals surface area contributed by atoms with E-state index in [4.69, 9.17) is 11.6 Å². The molecule has 4 atom stereocenters. The largest absolute Gasteiger partial charge is 0.206 e. The molecule has 2 saturated carbocycles. The average molecular weight is 433 g/mol. The molecule has 0 saturated heterocycles. The Kier molecular flexibility index (Phi) is 7.34. The predicted molar refractivity (Wildman–Crippen MR) is 123 cm³/mol. The second kappa shape index (κ2) is 9.98. The number of benzene rings is 2. The lowest BCUT2D eigenvalue weighted by Crippen LogP contribution is -2.30. The van der Waals surface area contributed by atoms with E-state index in [1.807, 2.05) is 6.07 Å². The first-order chi connectivity index (χ1) is 14.6. The fraction of sp³-hybridized carbons (Fsp3) is 0.630. The van der Waals surface area contributed by atoms with E-state index in [9.17, 15) is 8.78 Å². The predicted octanol–water partition coefficient (Wildman–Crippen LogP) is 9.43. The van der Waals surface area contributed by atoms with E-state index in [1.54, 1.807) is 12.1 Å². The van der Waals surface area contributed by atoms with Crippen LogP contribution in [0.5, 0.6) is 0 Å². The molecule has 0 aromatic heterocycles. The van der Waals surface area contributed by atoms with Crippen molar-refractivity contribution in [2.45, 2.75) is 89.9 Å². The first-order valence-corrected chi connectivity index (χ1v) is 12.5. The van der Waals surface area contributed by atoms with Gasteiger partial charge in [-0.3, -0.25) is 0 Å². The standard InChI is InChI=1S/C27H35ClF2/c1-2-3-4-5-6-8-18-11-12-20-16-21(14-13-19(20)15-18)23-17-22-9-7-10-24(29)25(22)27(30)26(23)28/h7,9-10,17-21H,2-6,8,11-16H2,1H3. The minimum absolute atomic E-state index is 0.0272. The smallest absolute Gasteiger partial charge is 0.152 e. The van der Waals surface area contributed by atoms with Crippen molar-refractivity contribution in [2.24, 2.45) is 17.8 Å². The molecule has 164 valence electrons. The van der Waals surface area contributed by atoms with Gasteiger partial charge in [-0.1, -0.05) is 75.6 Å². The van der Waals surface area contributed by atoms with Crippen LogP contribution in [0.3, 0.4) is 0 Å². The number of rotatable bonds is 7. The molecule has 2 aromatic carbocycles. The van der Waals surface area contributed by atoms with Gasteiger partial charge in [-0.25, -0.2) is 8.78 Å². The summed E-state index contributed by atoms with van der Waals surface area (Å²) in [5.41, 5.74) is 0.892. The van der Waals surface area contributed by atoms with Gasteiger partial charge in [0.15, 0.2) is 5.82 Å². The van der Waals surface area contributed by atoms with Gasteiger partial charge in [0.25, 0.3) is 0 Å². The van der Waals surface area contributed by atoms with Crippen LogP contribution in [0.2, 0.25) is 5.02 Å². The van der Waals surface area contributed by atoms with Crippen LogP contribution < -0.4 is 0 Å². The zero-order valence-electron chi connectivity index (χ0n) is 18.2. The maximum Gasteiger partial charge on any atom is 0.152 e. The Morgan fingerprint density at radius 2 is 1.70 bits per heavy atom. The lowest BCUT2D eigenvalue weighted by Gasteiger charge is -2.42. The van der Waals surface area contributed by atoms with Crippen molar-refractivity contribution in [3.63, 3.8) is 0 Å². The second-order valence-corrected chi connectivity index (χ2v) is 10.2. The molecule has 30 heavy (non-hydrogen) atoms. The fourth-order valence-corrected chi connectivity index (χ4v) is 6.53. The Balaban J connectivity index is 1.39. The minimum Gasteiger partial charge on any atom is -0.206 e. The minimum atomic E-state index is -0.587. The highest BCUT2D eigenvalue weighted by Crippen LogP contribution is 2.50. The molecule has 0 aliphatic heterocycles. The van der Waals surface area contributed by atoms with Crippen LogP contribution in [0.25, 0.3) is 10.8 Å². The van der Waals surface area contributed by atoms with E-state index in [0.717, 1.165) is 36.2 Å². The van der Waals surface area contributed by atoms with Crippen molar-refractivity contribution >= 4 is 22.4 Å². The number of halogens is 3. The van der Waals surface area contributed by atoms with Crippen LogP contribution in [0, 0.1) is 29.4 Å². The normalized spacial score (nSPS) is 26.7. The molecule has 0 N–H and O–H groups in total. The SMILES string of the molecule is CCCCCCCC1CCC2CC(c3cc4cccc(F)c4c(F)c3Cl)CCC2C1. The number of hydrogen-bond acceptors (Lipinski definition) is 0. The van der Waals surface area contributed by atoms with Gasteiger partial charge in [-0.15, -0.1) is 0 Å². The van der Waals surface area contributed by atoms with Crippen molar-refractivity contribution in [3.8, 4) is 0 Å². The summed E-state index contributed by atoms with van der Waals surface area (Å²) in [4.78, 5) is 0. The van der Waals surface area contributed by atoms with Gasteiger partial charge in [0.05, 0.1) is 10.4 Å². The highest BCUT2D eigenvalue weighted by molar-refractivity contribution is 6.32. The summed E-state index contributed by atoms with van der Waals surface area (Å²) >= 11 is 6.43. The van der Waals surface area contributed by atoms with Gasteiger partial charge in [0.1, 0.15) is 5.82 Å². The molecule has 2 aromatic rings. The molecule has 3 heteroatoms. The first-order valence-electron chi connectivity index (χ1n) is 12.1. The molecule has 0 spiro atoms. The highest BCUT2D eigenvalue weighted by Gasteiger charge is 2.36. The van der Waals surface area contributed by atoms with Gasteiger partial charge in [-0.2, -0.15) is 0 Å². The number of hydrogen-bond donors (Lipinski definition) is 0. The Labute approximate surface area is 185 Å². The number of fused-ring (bicyclic) bond motifs is 2. The highest BCUT2D eigenvalue weighted by atomic mass is 35.5. The van der Waals surface area contributed by atoms with E-state index in [2.05, 4.69) is 6.92 Å². The van der Waals surface area contributed by atoms with Gasteiger partial charge in [-0.05, 0) is 78.9 Å². The Morgan fingerprint density at radius 3 is 2.53 bits per heavy atom. The molecule has 2 aliphatic rings. The van der Waals surface area contributed by atoms with Crippen molar-refractivity contribution < 1.29 is 8.78 Å². The molecule has 4 rings (SSSR count). The molecular weight excluding hydrogens is 398 g/mol. The Hall–Kier alpha value is -1.15. The van der Waals surface area contributed by atoms with Crippen LogP contribution in [0.15, 0.2) is 24.3 Å². The molecule has 4 unspecified atom stereocenters. The van der Waals surface area contributed by atoms with Crippen molar-refractivity contribution in [3.05, 3.63) is 46.5 Å². The molecule has 0 nitrogen and oxygen atoms in total. The van der Waals surface area contributed by atoms with Gasteiger partial charge in [0, 0.05) is 0 Å². The van der Waals surface area contributed by atoms with E-state index < -0.39 is 11.6 Å². The molecule has 2 aliphatic carbocycles. The van der Waals surface area contributed by atoms with E-state index in [-0.39, 0.29) is 10.4 Å². The van der Waals surface area contributed by atoms with Crippen LogP contribution in [-0.2, 0) is 0 Å². The van der Waals surface area contributed by atoms with E-state index in [1.165, 1.54) is 70.3 Å². The maximum absolute atomic E-state index is 14.9. The fourth-order valence-electron chi connectivity index (χ4n) is 6.22. The molecule has 0 bridgehead atoms. The Morgan fingerprint density at radius 1 is 0.933 bits per heavy atom. The molecule has 0 amide bonds. The van der Waals surface area contributed by atoms with Crippen LogP contribution in [0.1, 0.15) is 95.5 Å². The summed E-state index contributed by atoms with van der Waals surface area (Å²) in [6, 6.07) is 6.68. The summed E-state index contributed by atoms with van der Waals surface area (Å²) in [5, 5.41) is 0.789. The maximum atomic E-state index is 14.9. The third-order valence-electron chi connectivity index (χ3n) is 7.90. The van der Waals surface area contributed by atoms with Gasteiger partial charge >= 0.3 is 0 Å². The third kappa shape index (κ3) is 4.69. The van der Waals surface area contributed by atoms with Crippen LogP contribution in [-0.4, -0.2) is 0 Å². The number of unbranched alkanes of at least 4 members (excludes halogenated alkanes) is 4. The molecule has 0 heterocycles. The van der Waals surface area contributed by atoms with Crippen molar-refractivity contribution in [1.82, 2.24) is 0 Å². The lowest BCUT2D eigenvalue weighted by molar-refractivity contribution is 0.113. The van der Waals surface area contributed by atoms with E-state index in [0.29, 0.717) is 11.3 Å². The molecular formula is C27H35ClF2. The zero-order chi connectivity index (χ0) is 21.1. The zero-order valence-corrected chi connectivity index (χ0v) is 19.0. The average Bonchev–Trinajstić information content (AvgIpc) is 2.75. The monoisotopic (exact) mass is 432 g/mol. The second-order valence-electron chi connectivity index (χ2n) is 9.84. The van der Waals surface area contributed by atoms with E-state index >= 15 is 0 Å². The van der Waals surface area contributed by atoms with Gasteiger partial charge < -0.3 is 0 Å². The summed E-state index contributed by atoms with van der Waals surface area (Å²) in [5.74, 6) is 1.66.